The second kappa shape index (κ2) is 8.08. The van der Waals surface area contributed by atoms with Gasteiger partial charge in [-0.1, -0.05) is 24.3 Å². The van der Waals surface area contributed by atoms with Gasteiger partial charge in [0.2, 0.25) is 5.78 Å². The SMILES string of the molecule is COC(=O)c1c(C(=O)OC)c2ccc3ccc4cccnc4c3n2c1C(=O)c1ccc(F)cc1. The number of methoxy groups -OCH3 is 2. The Morgan fingerprint density at radius 2 is 1.47 bits per heavy atom. The fourth-order valence-corrected chi connectivity index (χ4v) is 4.23. The van der Waals surface area contributed by atoms with Gasteiger partial charge in [0.1, 0.15) is 22.6 Å². The minimum atomic E-state index is -0.879. The first-order valence-corrected chi connectivity index (χ1v) is 10.3. The lowest BCUT2D eigenvalue weighted by atomic mass is 10.0. The average Bonchev–Trinajstić information content (AvgIpc) is 3.22. The van der Waals surface area contributed by atoms with Crippen molar-refractivity contribution in [2.45, 2.75) is 0 Å². The number of aromatic nitrogens is 2. The first kappa shape index (κ1) is 21.3. The first-order valence-electron chi connectivity index (χ1n) is 10.3. The van der Waals surface area contributed by atoms with Crippen LogP contribution >= 0.6 is 0 Å². The number of hydrogen-bond acceptors (Lipinski definition) is 6. The topological polar surface area (TPSA) is 87.0 Å². The molecule has 0 bridgehead atoms. The summed E-state index contributed by atoms with van der Waals surface area (Å²) in [6.07, 6.45) is 1.62. The van der Waals surface area contributed by atoms with Gasteiger partial charge >= 0.3 is 11.9 Å². The van der Waals surface area contributed by atoms with Crippen molar-refractivity contribution < 1.29 is 28.2 Å². The van der Waals surface area contributed by atoms with Crippen molar-refractivity contribution in [1.29, 1.82) is 0 Å². The average molecular weight is 456 g/mol. The van der Waals surface area contributed by atoms with Crippen LogP contribution in [0, 0.1) is 5.82 Å². The van der Waals surface area contributed by atoms with Crippen LogP contribution in [0.5, 0.6) is 0 Å². The van der Waals surface area contributed by atoms with Crippen molar-refractivity contribution in [3.05, 3.63) is 95.1 Å². The summed E-state index contributed by atoms with van der Waals surface area (Å²) in [5, 5.41) is 1.53. The molecule has 0 fully saturated rings. The van der Waals surface area contributed by atoms with Crippen LogP contribution < -0.4 is 0 Å². The summed E-state index contributed by atoms with van der Waals surface area (Å²) in [4.78, 5) is 44.1. The molecule has 8 heteroatoms. The molecule has 0 unspecified atom stereocenters. The summed E-state index contributed by atoms with van der Waals surface area (Å²) >= 11 is 0. The second-order valence-electron chi connectivity index (χ2n) is 7.55. The number of ketones is 1. The minimum Gasteiger partial charge on any atom is -0.465 e. The standard InChI is InChI=1S/C26H17FN2O5/c1-33-25(31)19-18-12-9-15-6-5-14-4-3-13-28-21(14)22(15)29(18)23(20(19)26(32)34-2)24(30)16-7-10-17(27)11-8-16/h3-13H,1-2H3. The largest absolute Gasteiger partial charge is 0.465 e. The van der Waals surface area contributed by atoms with Crippen molar-refractivity contribution in [3.8, 4) is 0 Å². The van der Waals surface area contributed by atoms with Gasteiger partial charge in [0.05, 0.1) is 30.8 Å². The molecule has 0 saturated heterocycles. The molecule has 0 spiro atoms. The van der Waals surface area contributed by atoms with Crippen molar-refractivity contribution >= 4 is 45.0 Å². The molecular formula is C26H17FN2O5. The van der Waals surface area contributed by atoms with E-state index in [0.717, 1.165) is 30.0 Å². The van der Waals surface area contributed by atoms with Crippen LogP contribution in [0.1, 0.15) is 36.8 Å². The molecule has 0 radical (unpaired) electrons. The fraction of sp³-hybridized carbons (Fsp3) is 0.0769. The predicted molar refractivity (Wildman–Crippen MR) is 123 cm³/mol. The number of esters is 2. The Balaban J connectivity index is 2.03. The number of halogens is 1. The molecule has 5 aromatic rings. The Bertz CT molecular complexity index is 1640. The number of ether oxygens (including phenoxy) is 2. The van der Waals surface area contributed by atoms with E-state index in [2.05, 4.69) is 4.98 Å². The van der Waals surface area contributed by atoms with Crippen molar-refractivity contribution in [1.82, 2.24) is 9.38 Å². The normalized spacial score (nSPS) is 11.1. The lowest BCUT2D eigenvalue weighted by Gasteiger charge is -2.10. The Morgan fingerprint density at radius 3 is 2.18 bits per heavy atom. The van der Waals surface area contributed by atoms with Crippen LogP contribution in [0.25, 0.3) is 27.3 Å². The molecule has 5 rings (SSSR count). The highest BCUT2D eigenvalue weighted by Crippen LogP contribution is 2.34. The number of carbonyl (C=O) groups is 3. The third-order valence-electron chi connectivity index (χ3n) is 5.73. The smallest absolute Gasteiger partial charge is 0.341 e. The Labute approximate surface area is 192 Å². The van der Waals surface area contributed by atoms with Crippen LogP contribution in [0.2, 0.25) is 0 Å². The lowest BCUT2D eigenvalue weighted by molar-refractivity contribution is 0.0556. The summed E-state index contributed by atoms with van der Waals surface area (Å²) in [5.74, 6) is -2.79. The van der Waals surface area contributed by atoms with Gasteiger partial charge < -0.3 is 13.9 Å². The summed E-state index contributed by atoms with van der Waals surface area (Å²) < 4.78 is 25.0. The van der Waals surface area contributed by atoms with Crippen LogP contribution in [-0.2, 0) is 9.47 Å². The molecule has 0 aliphatic carbocycles. The van der Waals surface area contributed by atoms with Gasteiger partial charge in [-0.05, 0) is 36.4 Å². The van der Waals surface area contributed by atoms with Crippen LogP contribution in [0.4, 0.5) is 4.39 Å². The molecule has 168 valence electrons. The summed E-state index contributed by atoms with van der Waals surface area (Å²) in [6, 6.07) is 15.8. The zero-order valence-corrected chi connectivity index (χ0v) is 18.2. The molecule has 34 heavy (non-hydrogen) atoms. The fourth-order valence-electron chi connectivity index (χ4n) is 4.23. The van der Waals surface area contributed by atoms with Crippen LogP contribution in [0.15, 0.2) is 66.9 Å². The third kappa shape index (κ3) is 3.11. The van der Waals surface area contributed by atoms with E-state index < -0.39 is 23.5 Å². The number of nitrogens with zero attached hydrogens (tertiary/aromatic N) is 2. The molecule has 3 aromatic heterocycles. The van der Waals surface area contributed by atoms with Gasteiger partial charge in [0.25, 0.3) is 0 Å². The first-order chi connectivity index (χ1) is 16.5. The third-order valence-corrected chi connectivity index (χ3v) is 5.73. The van der Waals surface area contributed by atoms with Crippen molar-refractivity contribution in [2.75, 3.05) is 14.2 Å². The Morgan fingerprint density at radius 1 is 0.824 bits per heavy atom. The molecule has 0 amide bonds. The molecule has 0 atom stereocenters. The molecule has 7 nitrogen and oxygen atoms in total. The zero-order valence-electron chi connectivity index (χ0n) is 18.2. The van der Waals surface area contributed by atoms with Gasteiger partial charge in [-0.2, -0.15) is 0 Å². The lowest BCUT2D eigenvalue weighted by Crippen LogP contribution is -2.15. The van der Waals surface area contributed by atoms with E-state index in [9.17, 15) is 18.8 Å². The maximum absolute atomic E-state index is 13.8. The van der Waals surface area contributed by atoms with Gasteiger partial charge in [0.15, 0.2) is 0 Å². The van der Waals surface area contributed by atoms with Gasteiger partial charge in [-0.15, -0.1) is 0 Å². The highest BCUT2D eigenvalue weighted by molar-refractivity contribution is 6.21. The maximum Gasteiger partial charge on any atom is 0.341 e. The monoisotopic (exact) mass is 456 g/mol. The van der Waals surface area contributed by atoms with Gasteiger partial charge in [-0.3, -0.25) is 9.78 Å². The van der Waals surface area contributed by atoms with E-state index in [4.69, 9.17) is 9.47 Å². The van der Waals surface area contributed by atoms with Crippen molar-refractivity contribution in [2.24, 2.45) is 0 Å². The summed E-state index contributed by atoms with van der Waals surface area (Å²) in [7, 11) is 2.35. The number of carbonyl (C=O) groups excluding carboxylic acids is 3. The van der Waals surface area contributed by atoms with E-state index in [1.807, 2.05) is 18.2 Å². The maximum atomic E-state index is 13.8. The van der Waals surface area contributed by atoms with E-state index in [0.29, 0.717) is 11.0 Å². The summed E-state index contributed by atoms with van der Waals surface area (Å²) in [5.41, 5.74) is 1.08. The number of fused-ring (bicyclic) bond motifs is 5. The second-order valence-corrected chi connectivity index (χ2v) is 7.55. The molecule has 0 saturated carbocycles. The number of benzene rings is 2. The van der Waals surface area contributed by atoms with E-state index in [-0.39, 0.29) is 27.9 Å². The molecule has 0 N–H and O–H groups in total. The highest BCUT2D eigenvalue weighted by atomic mass is 19.1. The van der Waals surface area contributed by atoms with E-state index in [1.165, 1.54) is 23.6 Å². The number of hydrogen-bond donors (Lipinski definition) is 0. The predicted octanol–water partition coefficient (Wildman–Crippen LogP) is 4.58. The van der Waals surface area contributed by atoms with E-state index in [1.54, 1.807) is 24.4 Å². The Kier molecular flexibility index (Phi) is 5.05. The molecule has 0 aliphatic rings. The highest BCUT2D eigenvalue weighted by Gasteiger charge is 2.34. The Hall–Kier alpha value is -4.59. The number of pyridine rings is 2. The molecule has 3 heterocycles. The van der Waals surface area contributed by atoms with Gasteiger partial charge in [0, 0.05) is 22.5 Å². The van der Waals surface area contributed by atoms with Crippen LogP contribution in [-0.4, -0.2) is 41.3 Å². The zero-order chi connectivity index (χ0) is 24.0. The van der Waals surface area contributed by atoms with Crippen LogP contribution in [0.3, 0.4) is 0 Å². The summed E-state index contributed by atoms with van der Waals surface area (Å²) in [6.45, 7) is 0. The molecule has 0 aliphatic heterocycles. The van der Waals surface area contributed by atoms with Crippen molar-refractivity contribution in [3.63, 3.8) is 0 Å². The quantitative estimate of drug-likeness (QED) is 0.223. The van der Waals surface area contributed by atoms with E-state index >= 15 is 0 Å². The molecular weight excluding hydrogens is 439 g/mol. The minimum absolute atomic E-state index is 0.0994. The molecule has 2 aromatic carbocycles. The van der Waals surface area contributed by atoms with Gasteiger partial charge in [-0.25, -0.2) is 14.0 Å². The number of rotatable bonds is 4.